The number of aliphatic hydroxyl groups is 2. The highest BCUT2D eigenvalue weighted by Crippen LogP contribution is 2.50. The van der Waals surface area contributed by atoms with Crippen LogP contribution in [0.3, 0.4) is 0 Å². The molecule has 2 heteroatoms. The van der Waals surface area contributed by atoms with Gasteiger partial charge in [-0.2, -0.15) is 0 Å². The molecule has 0 bridgehead atoms. The summed E-state index contributed by atoms with van der Waals surface area (Å²) in [6.07, 6.45) is 5.89. The summed E-state index contributed by atoms with van der Waals surface area (Å²) in [5.41, 5.74) is 0.00984. The summed E-state index contributed by atoms with van der Waals surface area (Å²) in [4.78, 5) is 0. The van der Waals surface area contributed by atoms with E-state index in [9.17, 15) is 10.2 Å². The molecule has 2 fully saturated rings. The minimum absolute atomic E-state index is 0.00984. The van der Waals surface area contributed by atoms with Crippen molar-refractivity contribution < 1.29 is 10.2 Å². The quantitative estimate of drug-likeness (QED) is 0.601. The summed E-state index contributed by atoms with van der Waals surface area (Å²) in [5.74, 6) is 0.352. The van der Waals surface area contributed by atoms with Crippen molar-refractivity contribution in [1.82, 2.24) is 0 Å². The van der Waals surface area contributed by atoms with Crippen LogP contribution in [0, 0.1) is 11.3 Å². The Balaban J connectivity index is 2.20. The molecule has 0 aromatic rings. The van der Waals surface area contributed by atoms with Gasteiger partial charge in [-0.15, -0.1) is 0 Å². The first-order chi connectivity index (χ1) is 6.14. The van der Waals surface area contributed by atoms with Gasteiger partial charge >= 0.3 is 0 Å². The van der Waals surface area contributed by atoms with E-state index in [0.29, 0.717) is 5.92 Å². The topological polar surface area (TPSA) is 40.5 Å². The molecule has 0 aromatic heterocycles. The van der Waals surface area contributed by atoms with E-state index in [2.05, 4.69) is 6.92 Å². The van der Waals surface area contributed by atoms with Crippen LogP contribution in [-0.4, -0.2) is 22.4 Å². The van der Waals surface area contributed by atoms with E-state index in [0.717, 1.165) is 25.7 Å². The van der Waals surface area contributed by atoms with Crippen molar-refractivity contribution in [2.75, 3.05) is 0 Å². The molecule has 76 valence electrons. The third-order valence-corrected chi connectivity index (χ3v) is 4.29. The number of hydrogen-bond acceptors (Lipinski definition) is 2. The molecule has 2 aliphatic rings. The Labute approximate surface area is 80.0 Å². The standard InChI is InChI=1S/C11H20O2/c1-11-7-3-2-4-8(11)9(12)5-6-10(11)13/h8-10,12-13H,2-7H2,1H3/t8-,9-,10-,11+/m1/s1. The Bertz CT molecular complexity index is 193. The molecule has 2 saturated carbocycles. The van der Waals surface area contributed by atoms with Crippen LogP contribution < -0.4 is 0 Å². The van der Waals surface area contributed by atoms with Crippen LogP contribution in [0.1, 0.15) is 45.4 Å². The van der Waals surface area contributed by atoms with Crippen molar-refractivity contribution in [3.63, 3.8) is 0 Å². The zero-order chi connectivity index (χ0) is 9.47. The van der Waals surface area contributed by atoms with Crippen molar-refractivity contribution in [3.8, 4) is 0 Å². The molecule has 0 unspecified atom stereocenters. The lowest BCUT2D eigenvalue weighted by Gasteiger charge is -2.50. The summed E-state index contributed by atoms with van der Waals surface area (Å²) < 4.78 is 0. The van der Waals surface area contributed by atoms with Gasteiger partial charge in [0, 0.05) is 0 Å². The van der Waals surface area contributed by atoms with E-state index in [4.69, 9.17) is 0 Å². The lowest BCUT2D eigenvalue weighted by molar-refractivity contribution is -0.120. The maximum absolute atomic E-state index is 9.97. The largest absolute Gasteiger partial charge is 0.393 e. The number of hydrogen-bond donors (Lipinski definition) is 2. The molecule has 2 nitrogen and oxygen atoms in total. The lowest BCUT2D eigenvalue weighted by atomic mass is 9.58. The molecule has 0 aromatic carbocycles. The van der Waals surface area contributed by atoms with Crippen molar-refractivity contribution in [3.05, 3.63) is 0 Å². The molecule has 2 aliphatic carbocycles. The van der Waals surface area contributed by atoms with E-state index in [1.165, 1.54) is 12.8 Å². The van der Waals surface area contributed by atoms with E-state index in [1.54, 1.807) is 0 Å². The van der Waals surface area contributed by atoms with Gasteiger partial charge in [-0.1, -0.05) is 19.8 Å². The molecular formula is C11H20O2. The van der Waals surface area contributed by atoms with Gasteiger partial charge in [0.05, 0.1) is 12.2 Å². The fraction of sp³-hybridized carbons (Fsp3) is 1.00. The summed E-state index contributed by atoms with van der Waals surface area (Å²) >= 11 is 0. The maximum atomic E-state index is 9.97. The molecule has 0 radical (unpaired) electrons. The van der Waals surface area contributed by atoms with Gasteiger partial charge in [-0.05, 0) is 37.0 Å². The average molecular weight is 184 g/mol. The van der Waals surface area contributed by atoms with Gasteiger partial charge in [0.1, 0.15) is 0 Å². The van der Waals surface area contributed by atoms with Crippen LogP contribution in [0.5, 0.6) is 0 Å². The predicted molar refractivity (Wildman–Crippen MR) is 51.3 cm³/mol. The molecule has 0 aliphatic heterocycles. The van der Waals surface area contributed by atoms with Gasteiger partial charge in [0.25, 0.3) is 0 Å². The van der Waals surface area contributed by atoms with E-state index < -0.39 is 0 Å². The Morgan fingerprint density at radius 1 is 1.08 bits per heavy atom. The highest BCUT2D eigenvalue weighted by atomic mass is 16.3. The fourth-order valence-corrected chi connectivity index (χ4v) is 3.29. The molecule has 0 spiro atoms. The van der Waals surface area contributed by atoms with Gasteiger partial charge in [-0.3, -0.25) is 0 Å². The van der Waals surface area contributed by atoms with Crippen molar-refractivity contribution >= 4 is 0 Å². The molecule has 4 atom stereocenters. The SMILES string of the molecule is C[C@]12CCCC[C@@H]1[C@H](O)CC[C@H]2O. The molecule has 0 saturated heterocycles. The van der Waals surface area contributed by atoms with Crippen LogP contribution in [0.15, 0.2) is 0 Å². The van der Waals surface area contributed by atoms with Crippen molar-refractivity contribution in [2.45, 2.75) is 57.7 Å². The smallest absolute Gasteiger partial charge is 0.0598 e. The Hall–Kier alpha value is -0.0800. The second-order valence-electron chi connectivity index (χ2n) is 5.02. The molecular weight excluding hydrogens is 164 g/mol. The highest BCUT2D eigenvalue weighted by molar-refractivity contribution is 4.98. The van der Waals surface area contributed by atoms with Crippen molar-refractivity contribution in [2.24, 2.45) is 11.3 Å². The predicted octanol–water partition coefficient (Wildman–Crippen LogP) is 1.70. The third kappa shape index (κ3) is 1.40. The summed E-state index contributed by atoms with van der Waals surface area (Å²) in [7, 11) is 0. The Kier molecular flexibility index (Phi) is 2.37. The fourth-order valence-electron chi connectivity index (χ4n) is 3.29. The molecule has 13 heavy (non-hydrogen) atoms. The lowest BCUT2D eigenvalue weighted by Crippen LogP contribution is -2.50. The molecule has 2 rings (SSSR count). The maximum Gasteiger partial charge on any atom is 0.0598 e. The average Bonchev–Trinajstić information content (AvgIpc) is 2.12. The third-order valence-electron chi connectivity index (χ3n) is 4.29. The van der Waals surface area contributed by atoms with Crippen LogP contribution in [0.25, 0.3) is 0 Å². The highest BCUT2D eigenvalue weighted by Gasteiger charge is 2.48. The second kappa shape index (κ2) is 3.25. The van der Waals surface area contributed by atoms with E-state index >= 15 is 0 Å². The van der Waals surface area contributed by atoms with E-state index in [-0.39, 0.29) is 17.6 Å². The van der Waals surface area contributed by atoms with Gasteiger partial charge in [-0.25, -0.2) is 0 Å². The van der Waals surface area contributed by atoms with Crippen LogP contribution in [0.4, 0.5) is 0 Å². The minimum atomic E-state index is -0.179. The van der Waals surface area contributed by atoms with E-state index in [1.807, 2.05) is 0 Å². The zero-order valence-corrected chi connectivity index (χ0v) is 8.37. The number of fused-ring (bicyclic) bond motifs is 1. The number of aliphatic hydroxyl groups excluding tert-OH is 2. The van der Waals surface area contributed by atoms with Gasteiger partial charge < -0.3 is 10.2 Å². The van der Waals surface area contributed by atoms with Gasteiger partial charge in [0.15, 0.2) is 0 Å². The Morgan fingerprint density at radius 2 is 1.85 bits per heavy atom. The van der Waals surface area contributed by atoms with Gasteiger partial charge in [0.2, 0.25) is 0 Å². The van der Waals surface area contributed by atoms with Crippen LogP contribution in [-0.2, 0) is 0 Å². The normalized spacial score (nSPS) is 51.5. The Morgan fingerprint density at radius 3 is 2.54 bits per heavy atom. The first-order valence-electron chi connectivity index (χ1n) is 5.51. The molecule has 2 N–H and O–H groups in total. The van der Waals surface area contributed by atoms with Crippen LogP contribution in [0.2, 0.25) is 0 Å². The monoisotopic (exact) mass is 184 g/mol. The first-order valence-corrected chi connectivity index (χ1v) is 5.51. The summed E-state index contributed by atoms with van der Waals surface area (Å²) in [6, 6.07) is 0. The minimum Gasteiger partial charge on any atom is -0.393 e. The number of rotatable bonds is 0. The second-order valence-corrected chi connectivity index (χ2v) is 5.02. The van der Waals surface area contributed by atoms with Crippen LogP contribution >= 0.6 is 0 Å². The van der Waals surface area contributed by atoms with Crippen molar-refractivity contribution in [1.29, 1.82) is 0 Å². The summed E-state index contributed by atoms with van der Waals surface area (Å²) in [5, 5.41) is 19.8. The molecule has 0 heterocycles. The first kappa shape index (κ1) is 9.47. The molecule has 0 amide bonds. The summed E-state index contributed by atoms with van der Waals surface area (Å²) in [6.45, 7) is 2.16. The zero-order valence-electron chi connectivity index (χ0n) is 8.37.